The van der Waals surface area contributed by atoms with Gasteiger partial charge in [0.25, 0.3) is 0 Å². The average molecular weight is 312 g/mol. The van der Waals surface area contributed by atoms with E-state index < -0.39 is 16.1 Å². The van der Waals surface area contributed by atoms with Crippen LogP contribution in [-0.2, 0) is 10.0 Å². The van der Waals surface area contributed by atoms with Crippen molar-refractivity contribution >= 4 is 21.6 Å². The first-order chi connectivity index (χ1) is 9.49. The number of hydrogen-bond acceptors (Lipinski definition) is 3. The highest BCUT2D eigenvalue weighted by atomic mass is 35.5. The zero-order chi connectivity index (χ0) is 14.6. The van der Waals surface area contributed by atoms with E-state index >= 15 is 0 Å². The Hall–Kier alpha value is -1.40. The SMILES string of the molecule is O=S(=O)(NCC(O)c1ccccc1)c1cccc(Cl)c1. The Morgan fingerprint density at radius 1 is 1.10 bits per heavy atom. The summed E-state index contributed by atoms with van der Waals surface area (Å²) in [6, 6.07) is 14.8. The number of sulfonamides is 1. The molecule has 0 heterocycles. The molecule has 2 aromatic rings. The zero-order valence-electron chi connectivity index (χ0n) is 10.5. The molecule has 0 amide bonds. The van der Waals surface area contributed by atoms with Gasteiger partial charge in [0.05, 0.1) is 11.0 Å². The summed E-state index contributed by atoms with van der Waals surface area (Å²) < 4.78 is 26.4. The first-order valence-corrected chi connectivity index (χ1v) is 7.83. The van der Waals surface area contributed by atoms with Crippen LogP contribution in [-0.4, -0.2) is 20.1 Å². The number of rotatable bonds is 5. The third kappa shape index (κ3) is 3.80. The molecule has 0 fully saturated rings. The summed E-state index contributed by atoms with van der Waals surface area (Å²) in [5, 5.41) is 10.3. The summed E-state index contributed by atoms with van der Waals surface area (Å²) in [4.78, 5) is 0.0743. The van der Waals surface area contributed by atoms with Crippen molar-refractivity contribution in [3.63, 3.8) is 0 Å². The van der Waals surface area contributed by atoms with E-state index in [1.165, 1.54) is 12.1 Å². The highest BCUT2D eigenvalue weighted by molar-refractivity contribution is 7.89. The summed E-state index contributed by atoms with van der Waals surface area (Å²) >= 11 is 5.77. The molecule has 2 aromatic carbocycles. The van der Waals surface area contributed by atoms with Crippen LogP contribution in [0.15, 0.2) is 59.5 Å². The quantitative estimate of drug-likeness (QED) is 0.891. The smallest absolute Gasteiger partial charge is 0.240 e. The third-order valence-electron chi connectivity index (χ3n) is 2.76. The van der Waals surface area contributed by atoms with Crippen LogP contribution >= 0.6 is 11.6 Å². The van der Waals surface area contributed by atoms with E-state index in [-0.39, 0.29) is 11.4 Å². The van der Waals surface area contributed by atoms with Crippen LogP contribution in [0.4, 0.5) is 0 Å². The van der Waals surface area contributed by atoms with Crippen LogP contribution in [0.1, 0.15) is 11.7 Å². The standard InChI is InChI=1S/C14H14ClNO3S/c15-12-7-4-8-13(9-12)20(18,19)16-10-14(17)11-5-2-1-3-6-11/h1-9,14,16-17H,10H2. The number of halogens is 1. The maximum absolute atomic E-state index is 12.0. The third-order valence-corrected chi connectivity index (χ3v) is 4.41. The topological polar surface area (TPSA) is 66.4 Å². The lowest BCUT2D eigenvalue weighted by atomic mass is 10.1. The van der Waals surface area contributed by atoms with E-state index in [0.29, 0.717) is 10.6 Å². The molecule has 6 heteroatoms. The molecular formula is C14H14ClNO3S. The number of aliphatic hydroxyl groups is 1. The highest BCUT2D eigenvalue weighted by Crippen LogP contribution is 2.16. The summed E-state index contributed by atoms with van der Waals surface area (Å²) in [6.07, 6.45) is -0.898. The fraction of sp³-hybridized carbons (Fsp3) is 0.143. The number of benzene rings is 2. The van der Waals surface area contributed by atoms with E-state index in [0.717, 1.165) is 0 Å². The molecule has 1 atom stereocenters. The van der Waals surface area contributed by atoms with Crippen molar-refractivity contribution in [1.82, 2.24) is 4.72 Å². The molecule has 0 aliphatic carbocycles. The minimum absolute atomic E-state index is 0.0743. The van der Waals surface area contributed by atoms with Gasteiger partial charge in [-0.05, 0) is 23.8 Å². The van der Waals surface area contributed by atoms with Gasteiger partial charge in [0.2, 0.25) is 10.0 Å². The van der Waals surface area contributed by atoms with E-state index in [4.69, 9.17) is 11.6 Å². The molecule has 0 spiro atoms. The Bertz CT molecular complexity index is 674. The van der Waals surface area contributed by atoms with Crippen LogP contribution in [0.2, 0.25) is 5.02 Å². The fourth-order valence-corrected chi connectivity index (χ4v) is 3.04. The van der Waals surface area contributed by atoms with Crippen molar-refractivity contribution < 1.29 is 13.5 Å². The lowest BCUT2D eigenvalue weighted by Gasteiger charge is -2.12. The lowest BCUT2D eigenvalue weighted by Crippen LogP contribution is -2.28. The number of hydrogen-bond donors (Lipinski definition) is 2. The van der Waals surface area contributed by atoms with Crippen molar-refractivity contribution in [2.24, 2.45) is 0 Å². The number of aliphatic hydroxyl groups excluding tert-OH is 1. The van der Waals surface area contributed by atoms with Gasteiger partial charge in [-0.3, -0.25) is 0 Å². The van der Waals surface area contributed by atoms with Gasteiger partial charge in [-0.15, -0.1) is 0 Å². The van der Waals surface area contributed by atoms with Crippen LogP contribution in [0.25, 0.3) is 0 Å². The minimum Gasteiger partial charge on any atom is -0.387 e. The molecular weight excluding hydrogens is 298 g/mol. The van der Waals surface area contributed by atoms with Crippen molar-refractivity contribution in [2.45, 2.75) is 11.0 Å². The Morgan fingerprint density at radius 3 is 2.45 bits per heavy atom. The summed E-state index contributed by atoms with van der Waals surface area (Å²) in [5.41, 5.74) is 0.654. The normalized spacial score (nSPS) is 13.1. The van der Waals surface area contributed by atoms with Gasteiger partial charge in [0.1, 0.15) is 0 Å². The fourth-order valence-electron chi connectivity index (χ4n) is 1.70. The molecule has 106 valence electrons. The molecule has 1 unspecified atom stereocenters. The molecule has 20 heavy (non-hydrogen) atoms. The average Bonchev–Trinajstić information content (AvgIpc) is 2.46. The zero-order valence-corrected chi connectivity index (χ0v) is 12.1. The predicted octanol–water partition coefficient (Wildman–Crippen LogP) is 2.35. The molecule has 0 aliphatic heterocycles. The molecule has 2 rings (SSSR count). The maximum Gasteiger partial charge on any atom is 0.240 e. The first-order valence-electron chi connectivity index (χ1n) is 5.97. The second kappa shape index (κ2) is 6.37. The number of nitrogens with one attached hydrogen (secondary N) is 1. The molecule has 0 aromatic heterocycles. The monoisotopic (exact) mass is 311 g/mol. The highest BCUT2D eigenvalue weighted by Gasteiger charge is 2.16. The maximum atomic E-state index is 12.0. The molecule has 4 nitrogen and oxygen atoms in total. The summed E-state index contributed by atoms with van der Waals surface area (Å²) in [5.74, 6) is 0. The van der Waals surface area contributed by atoms with Crippen LogP contribution in [0.3, 0.4) is 0 Å². The van der Waals surface area contributed by atoms with Gasteiger partial charge < -0.3 is 5.11 Å². The second-order valence-electron chi connectivity index (χ2n) is 4.24. The minimum atomic E-state index is -3.68. The Morgan fingerprint density at radius 2 is 1.80 bits per heavy atom. The van der Waals surface area contributed by atoms with Crippen molar-refractivity contribution in [3.05, 3.63) is 65.2 Å². The largest absolute Gasteiger partial charge is 0.387 e. The van der Waals surface area contributed by atoms with Crippen LogP contribution in [0.5, 0.6) is 0 Å². The Balaban J connectivity index is 2.07. The van der Waals surface area contributed by atoms with E-state index in [2.05, 4.69) is 4.72 Å². The lowest BCUT2D eigenvalue weighted by molar-refractivity contribution is 0.182. The molecule has 0 saturated heterocycles. The van der Waals surface area contributed by atoms with Crippen molar-refractivity contribution in [1.29, 1.82) is 0 Å². The molecule has 0 saturated carbocycles. The molecule has 2 N–H and O–H groups in total. The second-order valence-corrected chi connectivity index (χ2v) is 6.44. The van der Waals surface area contributed by atoms with Gasteiger partial charge in [-0.1, -0.05) is 48.0 Å². The van der Waals surface area contributed by atoms with Crippen molar-refractivity contribution in [2.75, 3.05) is 6.54 Å². The van der Waals surface area contributed by atoms with Crippen LogP contribution in [0, 0.1) is 0 Å². The van der Waals surface area contributed by atoms with Gasteiger partial charge in [-0.2, -0.15) is 0 Å². The molecule has 0 bridgehead atoms. The Kier molecular flexibility index (Phi) is 4.77. The van der Waals surface area contributed by atoms with E-state index in [1.54, 1.807) is 36.4 Å². The summed E-state index contributed by atoms with van der Waals surface area (Å²) in [6.45, 7) is -0.0984. The summed E-state index contributed by atoms with van der Waals surface area (Å²) in [7, 11) is -3.68. The van der Waals surface area contributed by atoms with Gasteiger partial charge in [0, 0.05) is 11.6 Å². The predicted molar refractivity (Wildman–Crippen MR) is 78.0 cm³/mol. The van der Waals surface area contributed by atoms with Gasteiger partial charge in [0.15, 0.2) is 0 Å². The molecule has 0 aliphatic rings. The first kappa shape index (κ1) is 15.0. The van der Waals surface area contributed by atoms with Crippen LogP contribution < -0.4 is 4.72 Å². The van der Waals surface area contributed by atoms with E-state index in [1.807, 2.05) is 6.07 Å². The molecule has 0 radical (unpaired) electrons. The van der Waals surface area contributed by atoms with E-state index in [9.17, 15) is 13.5 Å². The van der Waals surface area contributed by atoms with Crippen molar-refractivity contribution in [3.8, 4) is 0 Å². The Labute approximate surface area is 123 Å². The van der Waals surface area contributed by atoms with Gasteiger partial charge >= 0.3 is 0 Å². The van der Waals surface area contributed by atoms with Gasteiger partial charge in [-0.25, -0.2) is 13.1 Å².